The summed E-state index contributed by atoms with van der Waals surface area (Å²) in [4.78, 5) is 7.06. The van der Waals surface area contributed by atoms with E-state index in [1.54, 1.807) is 0 Å². The molecule has 1 aliphatic heterocycles. The van der Waals surface area contributed by atoms with E-state index in [4.69, 9.17) is 22.1 Å². The van der Waals surface area contributed by atoms with E-state index >= 15 is 0 Å². The summed E-state index contributed by atoms with van der Waals surface area (Å²) >= 11 is 5.99. The second-order valence-electron chi connectivity index (χ2n) is 10.9. The molecule has 2 aromatic carbocycles. The smallest absolute Gasteiger partial charge is 0.122 e. The minimum atomic E-state index is 0.432. The second-order valence-corrected chi connectivity index (χ2v) is 11.3. The summed E-state index contributed by atoms with van der Waals surface area (Å²) in [6, 6.07) is 17.9. The molecule has 1 saturated carbocycles. The number of benzene rings is 2. The zero-order valence-electron chi connectivity index (χ0n) is 22.4. The number of halogens is 1. The first-order chi connectivity index (χ1) is 18.5. The number of pyridine rings is 1. The molecule has 2 aliphatic rings. The average Bonchev–Trinajstić information content (AvgIpc) is 3.45. The van der Waals surface area contributed by atoms with E-state index in [9.17, 15) is 0 Å². The lowest BCUT2D eigenvalue weighted by Crippen LogP contribution is -2.44. The molecule has 0 amide bonds. The molecule has 1 aromatic heterocycles. The van der Waals surface area contributed by atoms with Crippen LogP contribution in [0.2, 0.25) is 5.02 Å². The number of hydrogen-bond donors (Lipinski definition) is 1. The molecule has 1 saturated heterocycles. The van der Waals surface area contributed by atoms with E-state index in [2.05, 4.69) is 34.7 Å². The molecule has 2 N–H and O–H groups in total. The van der Waals surface area contributed by atoms with Crippen molar-refractivity contribution < 1.29 is 4.74 Å². The van der Waals surface area contributed by atoms with Crippen molar-refractivity contribution in [2.24, 2.45) is 17.1 Å². The lowest BCUT2D eigenvalue weighted by atomic mass is 9.69. The highest BCUT2D eigenvalue weighted by Crippen LogP contribution is 2.47. The standard InChI is InChI=1S/C33H38ClN3O/c1-25-22-26(4-11-31-12-8-28(23-36-31)27-6-9-30(34)10-7-27)5-13-32(25)38-21-20-37-18-14-29(15-19-37)33(24-35)16-2-3-17-33/h5-10,12-13,22-23,29H,2-3,14-21,24,35H2,1H3. The van der Waals surface area contributed by atoms with E-state index in [1.165, 1.54) is 38.5 Å². The SMILES string of the molecule is Cc1cc(C#Cc2ccc(-c3ccc(Cl)cc3)cn2)ccc1OCCN1CCC(C2(CN)CCCC2)CC1. The Morgan fingerprint density at radius 2 is 1.74 bits per heavy atom. The fraction of sp³-hybridized carbons (Fsp3) is 0.424. The minimum absolute atomic E-state index is 0.432. The van der Waals surface area contributed by atoms with E-state index in [-0.39, 0.29) is 0 Å². The number of aryl methyl sites for hydroxylation is 1. The van der Waals surface area contributed by atoms with Crippen LogP contribution >= 0.6 is 11.6 Å². The van der Waals surface area contributed by atoms with E-state index in [0.29, 0.717) is 12.0 Å². The number of likely N-dealkylation sites (tertiary alicyclic amines) is 1. The Bertz CT molecular complexity index is 1260. The molecule has 0 bridgehead atoms. The van der Waals surface area contributed by atoms with Gasteiger partial charge in [0, 0.05) is 28.9 Å². The molecule has 2 heterocycles. The van der Waals surface area contributed by atoms with Crippen LogP contribution in [-0.2, 0) is 0 Å². The van der Waals surface area contributed by atoms with Gasteiger partial charge in [0.15, 0.2) is 0 Å². The van der Waals surface area contributed by atoms with E-state index in [1.807, 2.05) is 54.7 Å². The van der Waals surface area contributed by atoms with Crippen LogP contribution in [0.4, 0.5) is 0 Å². The van der Waals surface area contributed by atoms with Crippen molar-refractivity contribution in [2.45, 2.75) is 45.4 Å². The predicted molar refractivity (Wildman–Crippen MR) is 156 cm³/mol. The number of nitrogens with zero attached hydrogens (tertiary/aromatic N) is 2. The average molecular weight is 528 g/mol. The Balaban J connectivity index is 1.10. The van der Waals surface area contributed by atoms with Crippen LogP contribution in [0.15, 0.2) is 60.8 Å². The summed E-state index contributed by atoms with van der Waals surface area (Å²) in [6.45, 7) is 6.96. The van der Waals surface area contributed by atoms with Gasteiger partial charge in [-0.3, -0.25) is 4.90 Å². The van der Waals surface area contributed by atoms with E-state index in [0.717, 1.165) is 70.8 Å². The van der Waals surface area contributed by atoms with Crippen LogP contribution in [0.5, 0.6) is 5.75 Å². The maximum Gasteiger partial charge on any atom is 0.122 e. The Kier molecular flexibility index (Phi) is 8.69. The van der Waals surface area contributed by atoms with E-state index < -0.39 is 0 Å². The van der Waals surface area contributed by atoms with Crippen molar-refractivity contribution in [3.8, 4) is 28.7 Å². The summed E-state index contributed by atoms with van der Waals surface area (Å²) in [7, 11) is 0. The van der Waals surface area contributed by atoms with Gasteiger partial charge in [-0.25, -0.2) is 4.98 Å². The quantitative estimate of drug-likeness (QED) is 0.346. The van der Waals surface area contributed by atoms with Crippen LogP contribution in [0, 0.1) is 30.1 Å². The van der Waals surface area contributed by atoms with Crippen molar-refractivity contribution in [1.29, 1.82) is 0 Å². The van der Waals surface area contributed by atoms with Crippen LogP contribution in [-0.4, -0.2) is 42.7 Å². The van der Waals surface area contributed by atoms with Crippen molar-refractivity contribution in [2.75, 3.05) is 32.8 Å². The summed E-state index contributed by atoms with van der Waals surface area (Å²) < 4.78 is 6.16. The van der Waals surface area contributed by atoms with Gasteiger partial charge < -0.3 is 10.5 Å². The van der Waals surface area contributed by atoms with Crippen LogP contribution < -0.4 is 10.5 Å². The zero-order valence-corrected chi connectivity index (χ0v) is 23.1. The molecule has 38 heavy (non-hydrogen) atoms. The molecule has 4 nitrogen and oxygen atoms in total. The largest absolute Gasteiger partial charge is 0.492 e. The topological polar surface area (TPSA) is 51.4 Å². The Hall–Kier alpha value is -2.84. The summed E-state index contributed by atoms with van der Waals surface area (Å²) in [6.07, 6.45) is 9.82. The molecular formula is C33H38ClN3O. The van der Waals surface area contributed by atoms with Gasteiger partial charge >= 0.3 is 0 Å². The number of nitrogens with two attached hydrogens (primary N) is 1. The molecule has 0 spiro atoms. The molecule has 198 valence electrons. The number of hydrogen-bond acceptors (Lipinski definition) is 4. The Morgan fingerprint density at radius 3 is 2.39 bits per heavy atom. The summed E-state index contributed by atoms with van der Waals surface area (Å²) in [5, 5.41) is 0.728. The van der Waals surface area contributed by atoms with Gasteiger partial charge in [0.25, 0.3) is 0 Å². The molecule has 1 aliphatic carbocycles. The first-order valence-electron chi connectivity index (χ1n) is 13.9. The molecule has 3 aromatic rings. The van der Waals surface area contributed by atoms with Crippen LogP contribution in [0.3, 0.4) is 0 Å². The number of piperidine rings is 1. The van der Waals surface area contributed by atoms with Crippen molar-refractivity contribution >= 4 is 11.6 Å². The minimum Gasteiger partial charge on any atom is -0.492 e. The number of ether oxygens (including phenoxy) is 1. The first kappa shape index (κ1) is 26.8. The van der Waals surface area contributed by atoms with Gasteiger partial charge in [-0.1, -0.05) is 48.6 Å². The molecular weight excluding hydrogens is 490 g/mol. The van der Waals surface area contributed by atoms with Gasteiger partial charge in [-0.15, -0.1) is 0 Å². The highest BCUT2D eigenvalue weighted by atomic mass is 35.5. The molecule has 5 heteroatoms. The molecule has 5 rings (SSSR count). The lowest BCUT2D eigenvalue weighted by Gasteiger charge is -2.42. The molecule has 0 atom stereocenters. The normalized spacial score (nSPS) is 17.7. The van der Waals surface area contributed by atoms with Crippen molar-refractivity contribution in [3.63, 3.8) is 0 Å². The van der Waals surface area contributed by atoms with Gasteiger partial charge in [0.05, 0.1) is 0 Å². The van der Waals surface area contributed by atoms with Crippen molar-refractivity contribution in [3.05, 3.63) is 82.6 Å². The Morgan fingerprint density at radius 1 is 1.00 bits per heavy atom. The van der Waals surface area contributed by atoms with Gasteiger partial charge in [0.2, 0.25) is 0 Å². The maximum atomic E-state index is 6.23. The van der Waals surface area contributed by atoms with Crippen molar-refractivity contribution in [1.82, 2.24) is 9.88 Å². The fourth-order valence-corrected chi connectivity index (χ4v) is 6.34. The molecule has 0 radical (unpaired) electrons. The molecule has 0 unspecified atom stereocenters. The second kappa shape index (κ2) is 12.3. The molecule has 2 fully saturated rings. The van der Waals surface area contributed by atoms with Gasteiger partial charge in [-0.05, 0) is 117 Å². The zero-order chi connectivity index (χ0) is 26.4. The third kappa shape index (κ3) is 6.41. The Labute approximate surface area is 232 Å². The fourth-order valence-electron chi connectivity index (χ4n) is 6.22. The number of aromatic nitrogens is 1. The van der Waals surface area contributed by atoms with Gasteiger partial charge in [-0.2, -0.15) is 0 Å². The third-order valence-electron chi connectivity index (χ3n) is 8.58. The van der Waals surface area contributed by atoms with Crippen LogP contribution in [0.25, 0.3) is 11.1 Å². The highest BCUT2D eigenvalue weighted by Gasteiger charge is 2.41. The third-order valence-corrected chi connectivity index (χ3v) is 8.83. The maximum absolute atomic E-state index is 6.23. The van der Waals surface area contributed by atoms with Crippen LogP contribution in [0.1, 0.15) is 55.3 Å². The highest BCUT2D eigenvalue weighted by molar-refractivity contribution is 6.30. The van der Waals surface area contributed by atoms with Gasteiger partial charge in [0.1, 0.15) is 18.1 Å². The predicted octanol–water partition coefficient (Wildman–Crippen LogP) is 6.72. The summed E-state index contributed by atoms with van der Waals surface area (Å²) in [5.74, 6) is 8.15. The first-order valence-corrected chi connectivity index (χ1v) is 14.3. The summed E-state index contributed by atoms with van der Waals surface area (Å²) in [5.41, 5.74) is 11.6. The number of rotatable bonds is 7. The monoisotopic (exact) mass is 527 g/mol. The lowest BCUT2D eigenvalue weighted by molar-refractivity contribution is 0.0771.